The highest BCUT2D eigenvalue weighted by molar-refractivity contribution is 6.33. The van der Waals surface area contributed by atoms with Crippen molar-refractivity contribution in [2.45, 2.75) is 75.7 Å². The number of carbonyl (C=O) groups excluding carboxylic acids is 4. The Morgan fingerprint density at radius 3 is 2.30 bits per heavy atom. The van der Waals surface area contributed by atoms with Gasteiger partial charge in [0.15, 0.2) is 6.10 Å². The number of benzene rings is 2. The predicted octanol–water partition coefficient (Wildman–Crippen LogP) is 5.04. The van der Waals surface area contributed by atoms with E-state index >= 15 is 0 Å². The van der Waals surface area contributed by atoms with Gasteiger partial charge < -0.3 is 45.0 Å². The standard InChI is InChI=1S/C42H58ClF3N8O6/c1-49(2)24-25-59-37(55)8-5-14-50-15-10-31(11-16-50)51-20-22-52(23-21-51)39(56)36(28-29-26-33(42(44,45)46)38(47)34(43)27-29)60-41(58)53-17-12-32(13-18-53)54-19-9-30-6-3-4-7-35(30)48-40(54)57/h3-4,6-7,26-27,31-32,36H,5,8-25,28,47H2,1-2H3,(H,48,57)/t36-/m1/s1. The highest BCUT2D eigenvalue weighted by Gasteiger charge is 2.38. The van der Waals surface area contributed by atoms with Gasteiger partial charge in [-0.3, -0.25) is 14.5 Å². The van der Waals surface area contributed by atoms with Crippen molar-refractivity contribution < 1.29 is 41.8 Å². The number of alkyl halides is 3. The quantitative estimate of drug-likeness (QED) is 0.208. The number of nitrogen functional groups attached to an aromatic ring is 1. The fourth-order valence-electron chi connectivity index (χ4n) is 8.59. The molecule has 14 nitrogen and oxygen atoms in total. The number of nitrogens with zero attached hydrogens (tertiary/aromatic N) is 6. The molecule has 0 bridgehead atoms. The highest BCUT2D eigenvalue weighted by atomic mass is 35.5. The van der Waals surface area contributed by atoms with E-state index in [0.29, 0.717) is 77.6 Å². The Kier molecular flexibility index (Phi) is 15.4. The van der Waals surface area contributed by atoms with E-state index in [1.54, 1.807) is 9.80 Å². The van der Waals surface area contributed by atoms with Crippen LogP contribution in [-0.4, -0.2) is 164 Å². The molecule has 3 N–H and O–H groups in total. The Balaban J connectivity index is 1.03. The summed E-state index contributed by atoms with van der Waals surface area (Å²) in [6.45, 7) is 6.72. The normalized spacial score (nSPS) is 19.4. The van der Waals surface area contributed by atoms with Crippen LogP contribution >= 0.6 is 11.6 Å². The minimum Gasteiger partial charge on any atom is -0.464 e. The molecule has 3 fully saturated rings. The smallest absolute Gasteiger partial charge is 0.418 e. The first kappa shape index (κ1) is 45.2. The second-order valence-electron chi connectivity index (χ2n) is 16.4. The number of amides is 4. The molecule has 0 unspecified atom stereocenters. The van der Waals surface area contributed by atoms with Gasteiger partial charge in [-0.25, -0.2) is 9.59 Å². The number of para-hydroxylation sites is 1. The first-order chi connectivity index (χ1) is 28.7. The fourth-order valence-corrected chi connectivity index (χ4v) is 8.84. The number of fused-ring (bicyclic) bond motifs is 1. The van der Waals surface area contributed by atoms with Gasteiger partial charge in [0.05, 0.1) is 16.3 Å². The van der Waals surface area contributed by atoms with Crippen LogP contribution in [-0.2, 0) is 38.1 Å². The Morgan fingerprint density at radius 1 is 0.933 bits per heavy atom. The van der Waals surface area contributed by atoms with E-state index in [1.165, 1.54) is 11.0 Å². The SMILES string of the molecule is CN(C)CCOC(=O)CCCN1CCC(N2CCN(C(=O)[C@@H](Cc3cc(Cl)c(N)c(C(F)(F)F)c3)OC(=O)N3CCC(N4CCc5ccccc5NC4=O)CC3)CC2)CC1. The van der Waals surface area contributed by atoms with Crippen molar-refractivity contribution in [1.29, 1.82) is 0 Å². The monoisotopic (exact) mass is 862 g/mol. The van der Waals surface area contributed by atoms with Crippen molar-refractivity contribution >= 4 is 47.0 Å². The molecule has 60 heavy (non-hydrogen) atoms. The van der Waals surface area contributed by atoms with E-state index in [0.717, 1.165) is 56.2 Å². The van der Waals surface area contributed by atoms with Gasteiger partial charge >= 0.3 is 24.3 Å². The van der Waals surface area contributed by atoms with Gasteiger partial charge in [0.25, 0.3) is 5.91 Å². The third kappa shape index (κ3) is 11.9. The lowest BCUT2D eigenvalue weighted by atomic mass is 10.0. The lowest BCUT2D eigenvalue weighted by molar-refractivity contribution is -0.144. The number of likely N-dealkylation sites (tertiary alicyclic amines) is 2. The third-order valence-electron chi connectivity index (χ3n) is 12.1. The molecule has 0 aliphatic carbocycles. The summed E-state index contributed by atoms with van der Waals surface area (Å²) in [4.78, 5) is 64.7. The van der Waals surface area contributed by atoms with E-state index in [4.69, 9.17) is 26.8 Å². The second-order valence-corrected chi connectivity index (χ2v) is 16.8. The van der Waals surface area contributed by atoms with E-state index in [-0.39, 0.29) is 48.1 Å². The van der Waals surface area contributed by atoms with Gasteiger partial charge in [0.1, 0.15) is 6.61 Å². The molecule has 0 radical (unpaired) electrons. The number of halogens is 4. The number of ether oxygens (including phenoxy) is 2. The summed E-state index contributed by atoms with van der Waals surface area (Å²) in [5.41, 5.74) is 5.85. The van der Waals surface area contributed by atoms with Crippen LogP contribution in [0.4, 0.5) is 34.1 Å². The van der Waals surface area contributed by atoms with Gasteiger partial charge in [0, 0.05) is 83.0 Å². The number of hydrogen-bond acceptors (Lipinski definition) is 10. The Labute approximate surface area is 355 Å². The summed E-state index contributed by atoms with van der Waals surface area (Å²) < 4.78 is 53.0. The van der Waals surface area contributed by atoms with Crippen LogP contribution in [0, 0.1) is 0 Å². The number of anilines is 2. The van der Waals surface area contributed by atoms with Crippen LogP contribution in [0.5, 0.6) is 0 Å². The van der Waals surface area contributed by atoms with Crippen LogP contribution < -0.4 is 11.1 Å². The molecule has 4 aliphatic rings. The molecule has 1 atom stereocenters. The summed E-state index contributed by atoms with van der Waals surface area (Å²) in [7, 11) is 3.86. The Bertz CT molecular complexity index is 1810. The third-order valence-corrected chi connectivity index (χ3v) is 12.4. The number of urea groups is 1. The van der Waals surface area contributed by atoms with Crippen LogP contribution in [0.15, 0.2) is 36.4 Å². The molecule has 0 saturated carbocycles. The average molecular weight is 863 g/mol. The summed E-state index contributed by atoms with van der Waals surface area (Å²) in [5, 5.41) is 2.68. The van der Waals surface area contributed by atoms with Crippen molar-refractivity contribution in [2.24, 2.45) is 0 Å². The van der Waals surface area contributed by atoms with E-state index in [9.17, 15) is 32.3 Å². The number of rotatable bonds is 13. The average Bonchev–Trinajstić information content (AvgIpc) is 3.39. The maximum absolute atomic E-state index is 14.2. The minimum absolute atomic E-state index is 0.0613. The molecule has 4 aliphatic heterocycles. The zero-order valence-electron chi connectivity index (χ0n) is 34.6. The summed E-state index contributed by atoms with van der Waals surface area (Å²) in [6, 6.07) is 9.83. The molecule has 0 aromatic heterocycles. The van der Waals surface area contributed by atoms with Gasteiger partial charge in [-0.1, -0.05) is 29.8 Å². The molecule has 4 heterocycles. The van der Waals surface area contributed by atoms with Crippen LogP contribution in [0.2, 0.25) is 5.02 Å². The molecule has 6 rings (SSSR count). The maximum Gasteiger partial charge on any atom is 0.418 e. The topological polar surface area (TPSA) is 144 Å². The molecule has 3 saturated heterocycles. The fraction of sp³-hybridized carbons (Fsp3) is 0.619. The largest absolute Gasteiger partial charge is 0.464 e. The van der Waals surface area contributed by atoms with Crippen LogP contribution in [0.25, 0.3) is 0 Å². The molecule has 18 heteroatoms. The number of hydrogen-bond donors (Lipinski definition) is 2. The second kappa shape index (κ2) is 20.5. The van der Waals surface area contributed by atoms with Gasteiger partial charge in [-0.05, 0) is 102 Å². The number of esters is 1. The molecule has 0 spiro atoms. The maximum atomic E-state index is 14.2. The molecule has 2 aromatic carbocycles. The summed E-state index contributed by atoms with van der Waals surface area (Å²) in [6.07, 6.45) is -2.56. The van der Waals surface area contributed by atoms with Gasteiger partial charge in [0.2, 0.25) is 0 Å². The molecular weight excluding hydrogens is 805 g/mol. The number of piperazine rings is 1. The lowest BCUT2D eigenvalue weighted by Gasteiger charge is -2.43. The lowest BCUT2D eigenvalue weighted by Crippen LogP contribution is -2.56. The molecule has 2 aromatic rings. The Morgan fingerprint density at radius 2 is 1.62 bits per heavy atom. The minimum atomic E-state index is -4.79. The van der Waals surface area contributed by atoms with Crippen molar-refractivity contribution in [2.75, 3.05) is 104 Å². The van der Waals surface area contributed by atoms with Crippen molar-refractivity contribution in [3.8, 4) is 0 Å². The number of nitrogens with one attached hydrogen (secondary N) is 1. The van der Waals surface area contributed by atoms with Gasteiger partial charge in [-0.15, -0.1) is 0 Å². The number of carbonyl (C=O) groups is 4. The van der Waals surface area contributed by atoms with Gasteiger partial charge in [-0.2, -0.15) is 13.2 Å². The van der Waals surface area contributed by atoms with Crippen LogP contribution in [0.3, 0.4) is 0 Å². The van der Waals surface area contributed by atoms with Crippen molar-refractivity contribution in [3.63, 3.8) is 0 Å². The molecule has 4 amide bonds. The van der Waals surface area contributed by atoms with Crippen LogP contribution in [0.1, 0.15) is 55.2 Å². The van der Waals surface area contributed by atoms with Crippen molar-refractivity contribution in [3.05, 3.63) is 58.1 Å². The predicted molar refractivity (Wildman–Crippen MR) is 222 cm³/mol. The number of piperidine rings is 2. The Hall–Kier alpha value is -4.32. The molecular formula is C42H58ClF3N8O6. The zero-order chi connectivity index (χ0) is 43.0. The van der Waals surface area contributed by atoms with E-state index < -0.39 is 35.5 Å². The number of likely N-dealkylation sites (N-methyl/N-ethyl adjacent to an activating group) is 1. The van der Waals surface area contributed by atoms with E-state index in [1.807, 2.05) is 43.3 Å². The highest BCUT2D eigenvalue weighted by Crippen LogP contribution is 2.38. The summed E-state index contributed by atoms with van der Waals surface area (Å²) in [5.74, 6) is -0.665. The first-order valence-corrected chi connectivity index (χ1v) is 21.4. The molecule has 330 valence electrons. The van der Waals surface area contributed by atoms with E-state index in [2.05, 4.69) is 15.1 Å². The summed E-state index contributed by atoms with van der Waals surface area (Å²) >= 11 is 6.15. The first-order valence-electron chi connectivity index (χ1n) is 21.0. The van der Waals surface area contributed by atoms with Crippen molar-refractivity contribution in [1.82, 2.24) is 29.4 Å². The number of nitrogens with two attached hydrogens (primary N) is 1. The zero-order valence-corrected chi connectivity index (χ0v) is 35.3.